The molecule has 0 aromatic carbocycles. The Morgan fingerprint density at radius 1 is 1.42 bits per heavy atom. The fourth-order valence-corrected chi connectivity index (χ4v) is 3.29. The van der Waals surface area contributed by atoms with E-state index in [1.807, 2.05) is 25.4 Å². The first-order chi connectivity index (χ1) is 11.7. The van der Waals surface area contributed by atoms with Crippen molar-refractivity contribution in [1.82, 2.24) is 30.0 Å². The predicted octanol–water partition coefficient (Wildman–Crippen LogP) is 2.93. The first kappa shape index (κ1) is 14.9. The number of hydrogen-bond acceptors (Lipinski definition) is 4. The molecule has 7 heteroatoms. The molecular weight excluding hydrogens is 304 g/mol. The van der Waals surface area contributed by atoms with E-state index in [2.05, 4.69) is 25.4 Å². The number of fused-ring (bicyclic) bond motifs is 1. The van der Waals surface area contributed by atoms with E-state index in [4.69, 9.17) is 0 Å². The second-order valence-corrected chi connectivity index (χ2v) is 6.34. The molecule has 0 radical (unpaired) electrons. The molecule has 0 saturated heterocycles. The highest BCUT2D eigenvalue weighted by Gasteiger charge is 2.22. The van der Waals surface area contributed by atoms with Gasteiger partial charge >= 0.3 is 0 Å². The Hall–Kier alpha value is -2.70. The van der Waals surface area contributed by atoms with Crippen molar-refractivity contribution >= 4 is 16.9 Å². The van der Waals surface area contributed by atoms with Gasteiger partial charge in [0.15, 0.2) is 0 Å². The van der Waals surface area contributed by atoms with E-state index >= 15 is 0 Å². The van der Waals surface area contributed by atoms with Gasteiger partial charge in [-0.2, -0.15) is 5.10 Å². The number of H-pyrrole nitrogens is 1. The van der Waals surface area contributed by atoms with E-state index in [-0.39, 0.29) is 14.8 Å². The second-order valence-electron chi connectivity index (χ2n) is 6.34. The van der Waals surface area contributed by atoms with Crippen molar-refractivity contribution in [2.75, 3.05) is 0 Å². The van der Waals surface area contributed by atoms with Gasteiger partial charge in [-0.05, 0) is 25.8 Å². The van der Waals surface area contributed by atoms with Crippen molar-refractivity contribution in [1.29, 1.82) is 0 Å². The van der Waals surface area contributed by atoms with Crippen LogP contribution in [0.1, 0.15) is 41.5 Å². The highest BCUT2D eigenvalue weighted by molar-refractivity contribution is 5.90. The van der Waals surface area contributed by atoms with E-state index in [1.165, 1.54) is 19.2 Å². The van der Waals surface area contributed by atoms with Crippen LogP contribution < -0.4 is 5.32 Å². The molecule has 3 aromatic rings. The van der Waals surface area contributed by atoms with Gasteiger partial charge in [0.2, 0.25) is 5.91 Å². The number of aromatic amines is 1. The van der Waals surface area contributed by atoms with Crippen molar-refractivity contribution in [2.45, 2.75) is 44.7 Å². The van der Waals surface area contributed by atoms with Gasteiger partial charge in [-0.15, -0.1) is 0 Å². The number of hydrogen-bond donors (Lipinski definition) is 2. The van der Waals surface area contributed by atoms with Gasteiger partial charge in [-0.1, -0.05) is 12.8 Å². The Morgan fingerprint density at radius 3 is 3.08 bits per heavy atom. The topological polar surface area (TPSA) is 88.5 Å². The summed E-state index contributed by atoms with van der Waals surface area (Å²) in [5.74, 6) is 0.0195. The molecule has 2 N–H and O–H groups in total. The summed E-state index contributed by atoms with van der Waals surface area (Å²) in [6, 6.07) is 1.91. The zero-order chi connectivity index (χ0) is 16.5. The maximum absolute atomic E-state index is 12.4. The Kier molecular flexibility index (Phi) is 3.76. The minimum Gasteiger partial charge on any atom is -0.352 e. The normalized spacial score (nSPS) is 16.5. The van der Waals surface area contributed by atoms with Crippen LogP contribution in [0.15, 0.2) is 31.0 Å². The minimum atomic E-state index is -0.345. The molecule has 1 saturated carbocycles. The molecule has 0 spiro atoms. The first-order valence-corrected chi connectivity index (χ1v) is 8.35. The van der Waals surface area contributed by atoms with Gasteiger partial charge in [0, 0.05) is 32.2 Å². The molecule has 7 nitrogen and oxygen atoms in total. The highest BCUT2D eigenvalue weighted by Crippen LogP contribution is 2.25. The van der Waals surface area contributed by atoms with Gasteiger partial charge in [0.25, 0.3) is 0 Å². The van der Waals surface area contributed by atoms with E-state index in [0.717, 1.165) is 35.1 Å². The molecule has 1 aliphatic rings. The Balaban J connectivity index is 0.00000121. The molecule has 1 unspecified atom stereocenters. The summed E-state index contributed by atoms with van der Waals surface area (Å²) in [7, 11) is 0. The molecule has 1 amide bonds. The molecular formula is C17H24N6O. The van der Waals surface area contributed by atoms with E-state index < -0.39 is 0 Å². The van der Waals surface area contributed by atoms with Crippen LogP contribution in [0.2, 0.25) is 0 Å². The van der Waals surface area contributed by atoms with Crippen LogP contribution in [0.5, 0.6) is 0 Å². The number of nitrogens with one attached hydrogen (secondary N) is 2. The third-order valence-electron chi connectivity index (χ3n) is 4.71. The quantitative estimate of drug-likeness (QED) is 0.770. The largest absolute Gasteiger partial charge is 0.352 e. The number of aromatic nitrogens is 5. The summed E-state index contributed by atoms with van der Waals surface area (Å²) in [5, 5.41) is 8.43. The zero-order valence-electron chi connectivity index (χ0n) is 13.6. The van der Waals surface area contributed by atoms with Crippen LogP contribution >= 0.6 is 0 Å². The van der Waals surface area contributed by atoms with Crippen LogP contribution in [-0.2, 0) is 4.79 Å². The standard InChI is InChI=1S/C17H20N6O.2H2/c1-11(17(24)22-13-4-2-3-5-13)23-9-12(8-21-23)15-14-6-7-18-16(14)20-10-19-15;;/h6-11,13H,2-5H2,1H3,(H,22,24)(H,18,19,20);2*1H. The summed E-state index contributed by atoms with van der Waals surface area (Å²) < 4.78 is 1.69. The SMILES string of the molecule is CC(C(=O)NC1CCCC1)n1cc(-c2ncnc3[nH]ccc23)cn1.[HH].[HH]. The van der Waals surface area contributed by atoms with Crippen LogP contribution in [-0.4, -0.2) is 36.7 Å². The zero-order valence-corrected chi connectivity index (χ0v) is 13.6. The molecule has 0 bridgehead atoms. The molecule has 24 heavy (non-hydrogen) atoms. The number of rotatable bonds is 4. The first-order valence-electron chi connectivity index (χ1n) is 8.35. The lowest BCUT2D eigenvalue weighted by atomic mass is 10.2. The monoisotopic (exact) mass is 328 g/mol. The fraction of sp³-hybridized carbons (Fsp3) is 0.412. The van der Waals surface area contributed by atoms with E-state index in [1.54, 1.807) is 10.9 Å². The summed E-state index contributed by atoms with van der Waals surface area (Å²) in [6.45, 7) is 1.87. The molecule has 0 aliphatic heterocycles. The van der Waals surface area contributed by atoms with E-state index in [9.17, 15) is 4.79 Å². The third-order valence-corrected chi connectivity index (χ3v) is 4.71. The van der Waals surface area contributed by atoms with Crippen molar-refractivity contribution in [3.05, 3.63) is 31.0 Å². The van der Waals surface area contributed by atoms with Gasteiger partial charge in [-0.3, -0.25) is 9.48 Å². The van der Waals surface area contributed by atoms with Crippen molar-refractivity contribution in [2.24, 2.45) is 0 Å². The molecule has 1 fully saturated rings. The van der Waals surface area contributed by atoms with Crippen molar-refractivity contribution in [3.63, 3.8) is 0 Å². The Bertz CT molecular complexity index is 871. The maximum atomic E-state index is 12.4. The summed E-state index contributed by atoms with van der Waals surface area (Å²) >= 11 is 0. The molecule has 3 heterocycles. The summed E-state index contributed by atoms with van der Waals surface area (Å²) in [6.07, 6.45) is 11.5. The Labute approximate surface area is 142 Å². The highest BCUT2D eigenvalue weighted by atomic mass is 16.2. The molecule has 1 aliphatic carbocycles. The van der Waals surface area contributed by atoms with Gasteiger partial charge in [0.1, 0.15) is 18.0 Å². The second kappa shape index (κ2) is 6.07. The number of carbonyl (C=O) groups is 1. The van der Waals surface area contributed by atoms with Crippen molar-refractivity contribution in [3.8, 4) is 11.3 Å². The summed E-state index contributed by atoms with van der Waals surface area (Å²) in [5.41, 5.74) is 2.48. The maximum Gasteiger partial charge on any atom is 0.244 e. The Morgan fingerprint density at radius 2 is 2.25 bits per heavy atom. The lowest BCUT2D eigenvalue weighted by molar-refractivity contribution is -0.124. The number of carbonyl (C=O) groups excluding carboxylic acids is 1. The average Bonchev–Trinajstić information content (AvgIpc) is 3.34. The lowest BCUT2D eigenvalue weighted by Crippen LogP contribution is -2.37. The lowest BCUT2D eigenvalue weighted by Gasteiger charge is -2.16. The van der Waals surface area contributed by atoms with Crippen LogP contribution in [0, 0.1) is 0 Å². The molecule has 128 valence electrons. The number of nitrogens with zero attached hydrogens (tertiary/aromatic N) is 4. The van der Waals surface area contributed by atoms with Gasteiger partial charge in [0.05, 0.1) is 11.9 Å². The molecule has 1 atom stereocenters. The molecule has 3 aromatic heterocycles. The van der Waals surface area contributed by atoms with Crippen LogP contribution in [0.3, 0.4) is 0 Å². The van der Waals surface area contributed by atoms with Crippen LogP contribution in [0.25, 0.3) is 22.3 Å². The van der Waals surface area contributed by atoms with E-state index in [0.29, 0.717) is 6.04 Å². The van der Waals surface area contributed by atoms with Gasteiger partial charge in [-0.25, -0.2) is 9.97 Å². The number of amides is 1. The minimum absolute atomic E-state index is 0. The fourth-order valence-electron chi connectivity index (χ4n) is 3.29. The summed E-state index contributed by atoms with van der Waals surface area (Å²) in [4.78, 5) is 24.1. The average molecular weight is 328 g/mol. The van der Waals surface area contributed by atoms with Crippen molar-refractivity contribution < 1.29 is 7.65 Å². The molecule has 4 rings (SSSR count). The smallest absolute Gasteiger partial charge is 0.244 e. The van der Waals surface area contributed by atoms with Gasteiger partial charge < -0.3 is 10.3 Å². The third kappa shape index (κ3) is 2.66. The van der Waals surface area contributed by atoms with Crippen LogP contribution in [0.4, 0.5) is 0 Å². The predicted molar refractivity (Wildman–Crippen MR) is 94.4 cm³/mol.